The Balaban J connectivity index is 2.58. The molecule has 20 heavy (non-hydrogen) atoms. The second-order valence-corrected chi connectivity index (χ2v) is 11.4. The summed E-state index contributed by atoms with van der Waals surface area (Å²) in [5.41, 5.74) is 8.68. The van der Waals surface area contributed by atoms with Crippen molar-refractivity contribution in [3.8, 4) is 11.3 Å². The molecule has 2 aromatic rings. The normalized spacial score (nSPS) is 12.6. The van der Waals surface area contributed by atoms with Crippen LogP contribution in [0.3, 0.4) is 0 Å². The largest absolute Gasteiger partial charge is 0.256 e. The van der Waals surface area contributed by atoms with Crippen LogP contribution in [0.1, 0.15) is 18.1 Å². The third-order valence-corrected chi connectivity index (χ3v) is 4.57. The van der Waals surface area contributed by atoms with Crippen molar-refractivity contribution in [1.29, 1.82) is 0 Å². The van der Waals surface area contributed by atoms with Gasteiger partial charge in [-0.3, -0.25) is 4.98 Å². The zero-order chi connectivity index (χ0) is 14.8. The van der Waals surface area contributed by atoms with Crippen molar-refractivity contribution < 1.29 is 0 Å². The van der Waals surface area contributed by atoms with Crippen molar-refractivity contribution in [2.24, 2.45) is 0 Å². The van der Waals surface area contributed by atoms with Crippen molar-refractivity contribution in [1.82, 2.24) is 4.98 Å². The summed E-state index contributed by atoms with van der Waals surface area (Å²) in [6.45, 7) is 11.4. The van der Waals surface area contributed by atoms with E-state index in [0.29, 0.717) is 0 Å². The van der Waals surface area contributed by atoms with Gasteiger partial charge in [0.1, 0.15) is 0 Å². The number of allylic oxidation sites excluding steroid dienone is 1. The molecular formula is C18H23NSi. The molecule has 0 aliphatic carbocycles. The molecule has 0 unspecified atom stereocenters. The molecule has 1 nitrogen and oxygen atoms in total. The minimum Gasteiger partial charge on any atom is -0.256 e. The van der Waals surface area contributed by atoms with Crippen LogP contribution in [0, 0.1) is 6.92 Å². The molecule has 0 fully saturated rings. The fraction of sp³-hybridized carbons (Fsp3) is 0.278. The second-order valence-electron chi connectivity index (χ2n) is 6.41. The summed E-state index contributed by atoms with van der Waals surface area (Å²) in [6.07, 6.45) is 1.87. The summed E-state index contributed by atoms with van der Waals surface area (Å²) >= 11 is 0. The Morgan fingerprint density at radius 1 is 1.05 bits per heavy atom. The summed E-state index contributed by atoms with van der Waals surface area (Å²) in [4.78, 5) is 4.57. The van der Waals surface area contributed by atoms with Crippen LogP contribution < -0.4 is 0 Å². The van der Waals surface area contributed by atoms with E-state index in [0.717, 1.165) is 5.69 Å². The summed E-state index contributed by atoms with van der Waals surface area (Å²) in [5, 5.41) is 0. The van der Waals surface area contributed by atoms with Gasteiger partial charge >= 0.3 is 0 Å². The van der Waals surface area contributed by atoms with Crippen LogP contribution >= 0.6 is 0 Å². The average molecular weight is 281 g/mol. The lowest BCUT2D eigenvalue weighted by molar-refractivity contribution is 1.26. The van der Waals surface area contributed by atoms with Gasteiger partial charge in [-0.05, 0) is 31.0 Å². The van der Waals surface area contributed by atoms with Gasteiger partial charge in [-0.25, -0.2) is 0 Å². The number of pyridine rings is 1. The molecule has 0 atom stereocenters. The van der Waals surface area contributed by atoms with E-state index in [2.05, 4.69) is 74.5 Å². The van der Waals surface area contributed by atoms with E-state index in [1.807, 2.05) is 12.3 Å². The zero-order valence-electron chi connectivity index (χ0n) is 13.1. The van der Waals surface area contributed by atoms with Crippen LogP contribution in [0.25, 0.3) is 16.8 Å². The third-order valence-electron chi connectivity index (χ3n) is 3.27. The zero-order valence-corrected chi connectivity index (χ0v) is 14.1. The molecule has 0 radical (unpaired) electrons. The van der Waals surface area contributed by atoms with E-state index in [1.54, 1.807) is 0 Å². The molecule has 2 rings (SSSR count). The number of hydrogen-bond acceptors (Lipinski definition) is 1. The lowest BCUT2D eigenvalue weighted by Crippen LogP contribution is -2.16. The Bertz CT molecular complexity index is 636. The van der Waals surface area contributed by atoms with Gasteiger partial charge in [0.25, 0.3) is 0 Å². The number of aryl methyl sites for hydroxylation is 1. The molecule has 1 aromatic carbocycles. The Labute approximate surface area is 123 Å². The third kappa shape index (κ3) is 3.45. The predicted molar refractivity (Wildman–Crippen MR) is 91.4 cm³/mol. The van der Waals surface area contributed by atoms with E-state index in [9.17, 15) is 0 Å². The van der Waals surface area contributed by atoms with Gasteiger partial charge in [-0.1, -0.05) is 61.2 Å². The summed E-state index contributed by atoms with van der Waals surface area (Å²) in [5.74, 6) is 0. The number of nitrogens with zero attached hydrogens (tertiary/aromatic N) is 1. The molecule has 0 N–H and O–H groups in total. The topological polar surface area (TPSA) is 12.9 Å². The van der Waals surface area contributed by atoms with Crippen LogP contribution in [0.4, 0.5) is 0 Å². The first-order valence-corrected chi connectivity index (χ1v) is 10.7. The van der Waals surface area contributed by atoms with Crippen LogP contribution in [0.2, 0.25) is 19.6 Å². The molecule has 1 heterocycles. The SMILES string of the molecule is C/C(=C\[Si](C)(C)C)c1ccccc1-c1ncccc1C. The lowest BCUT2D eigenvalue weighted by Gasteiger charge is -2.15. The molecule has 0 aliphatic heterocycles. The highest BCUT2D eigenvalue weighted by atomic mass is 28.3. The van der Waals surface area contributed by atoms with Crippen molar-refractivity contribution in [2.75, 3.05) is 0 Å². The highest BCUT2D eigenvalue weighted by molar-refractivity contribution is 6.81. The molecule has 0 spiro atoms. The van der Waals surface area contributed by atoms with Crippen LogP contribution in [0.5, 0.6) is 0 Å². The molecule has 0 aliphatic rings. The first kappa shape index (κ1) is 14.7. The van der Waals surface area contributed by atoms with E-state index in [-0.39, 0.29) is 0 Å². The first-order valence-electron chi connectivity index (χ1n) is 7.09. The standard InChI is InChI=1S/C18H23NSi/c1-14-9-8-12-19-18(14)17-11-7-6-10-16(17)15(2)13-20(3,4)5/h6-13H,1-5H3/b15-13+. The quantitative estimate of drug-likeness (QED) is 0.692. The number of aromatic nitrogens is 1. The van der Waals surface area contributed by atoms with Gasteiger partial charge in [-0.15, -0.1) is 0 Å². The molecule has 0 amide bonds. The number of benzene rings is 1. The molecule has 0 bridgehead atoms. The van der Waals surface area contributed by atoms with Crippen molar-refractivity contribution in [2.45, 2.75) is 33.5 Å². The van der Waals surface area contributed by atoms with Crippen molar-refractivity contribution in [3.63, 3.8) is 0 Å². The highest BCUT2D eigenvalue weighted by Gasteiger charge is 2.13. The lowest BCUT2D eigenvalue weighted by atomic mass is 9.97. The first-order chi connectivity index (χ1) is 9.38. The van der Waals surface area contributed by atoms with Gasteiger partial charge in [0.05, 0.1) is 13.8 Å². The molecule has 2 heteroatoms. The van der Waals surface area contributed by atoms with Crippen LogP contribution in [-0.2, 0) is 0 Å². The Morgan fingerprint density at radius 3 is 2.40 bits per heavy atom. The smallest absolute Gasteiger partial charge is 0.0737 e. The van der Waals surface area contributed by atoms with Gasteiger partial charge in [-0.2, -0.15) is 0 Å². The molecule has 1 aromatic heterocycles. The van der Waals surface area contributed by atoms with E-state index >= 15 is 0 Å². The number of rotatable bonds is 3. The fourth-order valence-corrected chi connectivity index (χ4v) is 3.98. The minimum atomic E-state index is -1.22. The predicted octanol–water partition coefficient (Wildman–Crippen LogP) is 5.34. The van der Waals surface area contributed by atoms with Crippen LogP contribution in [0.15, 0.2) is 48.3 Å². The molecule has 0 saturated heterocycles. The highest BCUT2D eigenvalue weighted by Crippen LogP contribution is 2.30. The van der Waals surface area contributed by atoms with E-state index < -0.39 is 8.07 Å². The van der Waals surface area contributed by atoms with Crippen LogP contribution in [-0.4, -0.2) is 13.1 Å². The Hall–Kier alpha value is -1.67. The Morgan fingerprint density at radius 2 is 1.75 bits per heavy atom. The van der Waals surface area contributed by atoms with Crippen molar-refractivity contribution in [3.05, 3.63) is 59.4 Å². The number of hydrogen-bond donors (Lipinski definition) is 0. The summed E-state index contributed by atoms with van der Waals surface area (Å²) < 4.78 is 0. The van der Waals surface area contributed by atoms with E-state index in [1.165, 1.54) is 22.3 Å². The minimum absolute atomic E-state index is 1.09. The molecular weight excluding hydrogens is 258 g/mol. The monoisotopic (exact) mass is 281 g/mol. The van der Waals surface area contributed by atoms with E-state index in [4.69, 9.17) is 0 Å². The molecule has 104 valence electrons. The summed E-state index contributed by atoms with van der Waals surface area (Å²) in [6, 6.07) is 12.7. The Kier molecular flexibility index (Phi) is 4.24. The fourth-order valence-electron chi connectivity index (χ4n) is 2.53. The maximum absolute atomic E-state index is 4.57. The summed E-state index contributed by atoms with van der Waals surface area (Å²) in [7, 11) is -1.22. The van der Waals surface area contributed by atoms with Gasteiger partial charge in [0.15, 0.2) is 0 Å². The second kappa shape index (κ2) is 5.76. The van der Waals surface area contributed by atoms with Gasteiger partial charge < -0.3 is 0 Å². The maximum Gasteiger partial charge on any atom is 0.0737 e. The maximum atomic E-state index is 4.57. The molecule has 0 saturated carbocycles. The average Bonchev–Trinajstić information content (AvgIpc) is 2.37. The van der Waals surface area contributed by atoms with Gasteiger partial charge in [0.2, 0.25) is 0 Å². The van der Waals surface area contributed by atoms with Gasteiger partial charge in [0, 0.05) is 11.8 Å². The van der Waals surface area contributed by atoms with Crippen molar-refractivity contribution >= 4 is 13.6 Å².